The molecule has 1 nitrogen and oxygen atoms in total. The van der Waals surface area contributed by atoms with Crippen LogP contribution in [0.15, 0.2) is 18.2 Å². The van der Waals surface area contributed by atoms with Gasteiger partial charge < -0.3 is 0 Å². The Morgan fingerprint density at radius 3 is 3.00 bits per heavy atom. The van der Waals surface area contributed by atoms with Gasteiger partial charge in [-0.2, -0.15) is 0 Å². The molecule has 2 aliphatic rings. The normalized spacial score (nSPS) is 24.4. The van der Waals surface area contributed by atoms with Crippen LogP contribution in [-0.2, 0) is 12.0 Å². The second-order valence-electron chi connectivity index (χ2n) is 4.64. The molecule has 0 saturated heterocycles. The van der Waals surface area contributed by atoms with E-state index in [0.29, 0.717) is 5.54 Å². The number of likely N-dealkylation sites (N-methyl/N-ethyl adjacent to an activating group) is 1. The number of fused-ring (bicyclic) bond motifs is 2. The lowest BCUT2D eigenvalue weighted by Crippen LogP contribution is -2.52. The number of rotatable bonds is 0. The van der Waals surface area contributed by atoms with Crippen LogP contribution in [0.3, 0.4) is 0 Å². The van der Waals surface area contributed by atoms with Crippen molar-refractivity contribution in [2.24, 2.45) is 0 Å². The molecule has 0 amide bonds. The van der Waals surface area contributed by atoms with Gasteiger partial charge in [-0.25, -0.2) is 0 Å². The van der Waals surface area contributed by atoms with Gasteiger partial charge >= 0.3 is 0 Å². The minimum Gasteiger partial charge on any atom is -0.296 e. The maximum Gasteiger partial charge on any atom is 0.0460 e. The molecule has 1 heteroatoms. The van der Waals surface area contributed by atoms with Crippen molar-refractivity contribution in [2.75, 3.05) is 13.6 Å². The van der Waals surface area contributed by atoms with E-state index in [1.54, 1.807) is 5.56 Å². The van der Waals surface area contributed by atoms with E-state index in [0.717, 1.165) is 0 Å². The van der Waals surface area contributed by atoms with E-state index in [2.05, 4.69) is 36.2 Å². The lowest BCUT2D eigenvalue weighted by molar-refractivity contribution is 0.0249. The highest BCUT2D eigenvalue weighted by atomic mass is 15.2. The average Bonchev–Trinajstić information content (AvgIpc) is 2.15. The van der Waals surface area contributed by atoms with Crippen molar-refractivity contribution >= 4 is 0 Å². The second kappa shape index (κ2) is 2.83. The Morgan fingerprint density at radius 2 is 2.29 bits per heavy atom. The van der Waals surface area contributed by atoms with Gasteiger partial charge in [0.15, 0.2) is 0 Å². The Morgan fingerprint density at radius 1 is 1.43 bits per heavy atom. The molecule has 0 unspecified atom stereocenters. The largest absolute Gasteiger partial charge is 0.296 e. The fourth-order valence-electron chi connectivity index (χ4n) is 3.00. The lowest BCUT2D eigenvalue weighted by atomic mass is 9.67. The lowest BCUT2D eigenvalue weighted by Gasteiger charge is -2.52. The molecule has 3 rings (SSSR count). The summed E-state index contributed by atoms with van der Waals surface area (Å²) >= 11 is 0. The number of nitrogens with zero attached hydrogens (tertiary/aromatic N) is 1. The first-order chi connectivity index (χ1) is 6.83. The van der Waals surface area contributed by atoms with E-state index < -0.39 is 0 Å². The molecule has 14 heavy (non-hydrogen) atoms. The predicted molar refractivity (Wildman–Crippen MR) is 57.1 cm³/mol. The fourth-order valence-corrected chi connectivity index (χ4v) is 3.00. The molecule has 1 aliphatic carbocycles. The van der Waals surface area contributed by atoms with Crippen molar-refractivity contribution in [3.63, 3.8) is 0 Å². The first-order valence-corrected chi connectivity index (χ1v) is 5.54. The zero-order valence-electron chi connectivity index (χ0n) is 8.71. The molecule has 1 heterocycles. The highest BCUT2D eigenvalue weighted by molar-refractivity contribution is 5.37. The fraction of sp³-hybridized carbons (Fsp3) is 0.538. The molecule has 0 atom stereocenters. The van der Waals surface area contributed by atoms with Crippen LogP contribution in [0.25, 0.3) is 0 Å². The molecule has 0 aromatic heterocycles. The molecule has 1 spiro atoms. The molecule has 1 fully saturated rings. The van der Waals surface area contributed by atoms with Crippen LogP contribution in [0.2, 0.25) is 0 Å². The van der Waals surface area contributed by atoms with Gasteiger partial charge in [0.25, 0.3) is 0 Å². The Hall–Kier alpha value is -0.820. The van der Waals surface area contributed by atoms with Crippen LogP contribution in [0.1, 0.15) is 30.4 Å². The maximum atomic E-state index is 3.20. The first kappa shape index (κ1) is 8.49. The van der Waals surface area contributed by atoms with Crippen LogP contribution in [0, 0.1) is 6.07 Å². The van der Waals surface area contributed by atoms with Crippen molar-refractivity contribution in [1.29, 1.82) is 0 Å². The summed E-state index contributed by atoms with van der Waals surface area (Å²) < 4.78 is 0. The number of benzene rings is 1. The summed E-state index contributed by atoms with van der Waals surface area (Å²) in [4.78, 5) is 2.55. The van der Waals surface area contributed by atoms with Gasteiger partial charge in [0.2, 0.25) is 0 Å². The monoisotopic (exact) mass is 186 g/mol. The topological polar surface area (TPSA) is 3.24 Å². The van der Waals surface area contributed by atoms with Gasteiger partial charge in [0.05, 0.1) is 0 Å². The standard InChI is InChI=1S/C13H16N/c1-14-10-7-11-5-2-3-6-12(11)13(14)8-4-9-13/h3,5-6H,4,7-10H2,1H3. The number of hydrogen-bond donors (Lipinski definition) is 0. The predicted octanol–water partition coefficient (Wildman–Crippen LogP) is 2.35. The molecule has 1 aromatic carbocycles. The van der Waals surface area contributed by atoms with E-state index >= 15 is 0 Å². The van der Waals surface area contributed by atoms with Gasteiger partial charge in [0.1, 0.15) is 0 Å². The Bertz CT molecular complexity index is 352. The molecule has 1 saturated carbocycles. The zero-order chi connectivity index (χ0) is 9.60. The first-order valence-electron chi connectivity index (χ1n) is 5.54. The summed E-state index contributed by atoms with van der Waals surface area (Å²) in [7, 11) is 2.28. The van der Waals surface area contributed by atoms with E-state index in [1.165, 1.54) is 37.8 Å². The van der Waals surface area contributed by atoms with E-state index in [9.17, 15) is 0 Å². The van der Waals surface area contributed by atoms with Crippen molar-refractivity contribution in [1.82, 2.24) is 4.90 Å². The maximum absolute atomic E-state index is 3.20. The third-order valence-corrected chi connectivity index (χ3v) is 4.08. The number of hydrogen-bond acceptors (Lipinski definition) is 1. The molecular weight excluding hydrogens is 170 g/mol. The van der Waals surface area contributed by atoms with Gasteiger partial charge in [0, 0.05) is 12.1 Å². The summed E-state index contributed by atoms with van der Waals surface area (Å²) in [6, 6.07) is 9.74. The second-order valence-corrected chi connectivity index (χ2v) is 4.64. The Kier molecular flexibility index (Phi) is 1.72. The van der Waals surface area contributed by atoms with Crippen LogP contribution < -0.4 is 0 Å². The highest BCUT2D eigenvalue weighted by Gasteiger charge is 2.45. The minimum absolute atomic E-state index is 0.405. The Balaban J connectivity index is 2.12. The summed E-state index contributed by atoms with van der Waals surface area (Å²) in [5, 5.41) is 0. The van der Waals surface area contributed by atoms with E-state index in [4.69, 9.17) is 0 Å². The highest BCUT2D eigenvalue weighted by Crippen LogP contribution is 2.48. The van der Waals surface area contributed by atoms with E-state index in [-0.39, 0.29) is 0 Å². The van der Waals surface area contributed by atoms with Gasteiger partial charge in [-0.05, 0) is 49.9 Å². The van der Waals surface area contributed by atoms with Crippen molar-refractivity contribution in [3.8, 4) is 0 Å². The zero-order valence-corrected chi connectivity index (χ0v) is 8.71. The SMILES string of the molecule is CN1CCc2c[c]ccc2C12CCC2. The molecule has 73 valence electrons. The smallest absolute Gasteiger partial charge is 0.0460 e. The molecular formula is C13H16N. The summed E-state index contributed by atoms with van der Waals surface area (Å²) in [5.74, 6) is 0. The quantitative estimate of drug-likeness (QED) is 0.601. The van der Waals surface area contributed by atoms with Gasteiger partial charge in [-0.1, -0.05) is 18.2 Å². The molecule has 0 N–H and O–H groups in total. The molecule has 1 aromatic rings. The van der Waals surface area contributed by atoms with E-state index in [1.807, 2.05) is 0 Å². The molecule has 1 radical (unpaired) electrons. The van der Waals surface area contributed by atoms with Crippen molar-refractivity contribution in [3.05, 3.63) is 35.4 Å². The molecule has 0 bridgehead atoms. The van der Waals surface area contributed by atoms with Crippen molar-refractivity contribution < 1.29 is 0 Å². The third kappa shape index (κ3) is 0.936. The summed E-state index contributed by atoms with van der Waals surface area (Å²) in [6.45, 7) is 1.21. The summed E-state index contributed by atoms with van der Waals surface area (Å²) in [6.07, 6.45) is 5.29. The van der Waals surface area contributed by atoms with Crippen molar-refractivity contribution in [2.45, 2.75) is 31.2 Å². The Labute approximate surface area is 85.7 Å². The minimum atomic E-state index is 0.405. The van der Waals surface area contributed by atoms with Crippen LogP contribution in [0.4, 0.5) is 0 Å². The molecule has 1 aliphatic heterocycles. The average molecular weight is 186 g/mol. The van der Waals surface area contributed by atoms with Crippen LogP contribution in [-0.4, -0.2) is 18.5 Å². The van der Waals surface area contributed by atoms with Gasteiger partial charge in [-0.3, -0.25) is 4.90 Å². The van der Waals surface area contributed by atoms with Gasteiger partial charge in [-0.15, -0.1) is 0 Å². The van der Waals surface area contributed by atoms with Crippen LogP contribution >= 0.6 is 0 Å². The van der Waals surface area contributed by atoms with Crippen LogP contribution in [0.5, 0.6) is 0 Å². The summed E-state index contributed by atoms with van der Waals surface area (Å²) in [5.41, 5.74) is 3.52. The third-order valence-electron chi connectivity index (χ3n) is 4.08.